The molecule has 8 nitrogen and oxygen atoms in total. The number of likely N-dealkylation sites (tertiary alicyclic amines) is 1. The first kappa shape index (κ1) is 32.0. The van der Waals surface area contributed by atoms with Crippen LogP contribution in [0.2, 0.25) is 0 Å². The van der Waals surface area contributed by atoms with Gasteiger partial charge in [0.15, 0.2) is 0 Å². The molecule has 1 heterocycles. The third-order valence-corrected chi connectivity index (χ3v) is 7.29. The van der Waals surface area contributed by atoms with Gasteiger partial charge in [-0.15, -0.1) is 0 Å². The van der Waals surface area contributed by atoms with Gasteiger partial charge < -0.3 is 25.0 Å². The summed E-state index contributed by atoms with van der Waals surface area (Å²) in [5.74, 6) is -0.312. The Morgan fingerprint density at radius 1 is 0.878 bits per heavy atom. The van der Waals surface area contributed by atoms with Gasteiger partial charge in [-0.05, 0) is 62.8 Å². The molecule has 0 spiro atoms. The summed E-state index contributed by atoms with van der Waals surface area (Å²) in [7, 11) is 0. The molecule has 3 amide bonds. The average Bonchev–Trinajstić information content (AvgIpc) is 3.24. The van der Waals surface area contributed by atoms with Crippen molar-refractivity contribution in [3.05, 3.63) is 65.7 Å². The standard InChI is InChI=1S/C33H47N3O5/c1-6-24(2)29(35-32(39)36-20-12-7-8-13-21-36)30(37)34-28(31(38)41-33(3,4)5)22-25-16-18-27(19-17-25)40-23-26-14-10-9-11-15-26/h9-11,14-19,24,28-29H,6-8,12-13,20-23H2,1-5H3,(H,34,37)(H,35,39)/t24?,28-,29-/m0/s1. The molecule has 0 aliphatic carbocycles. The number of amides is 3. The molecule has 0 saturated carbocycles. The Bertz CT molecular complexity index is 1110. The third kappa shape index (κ3) is 10.7. The number of benzene rings is 2. The van der Waals surface area contributed by atoms with Crippen molar-refractivity contribution in [1.82, 2.24) is 15.5 Å². The molecule has 3 rings (SSSR count). The molecule has 0 aromatic heterocycles. The fourth-order valence-electron chi connectivity index (χ4n) is 4.73. The van der Waals surface area contributed by atoms with Gasteiger partial charge in [0.1, 0.15) is 30.0 Å². The molecule has 3 atom stereocenters. The predicted octanol–water partition coefficient (Wildman–Crippen LogP) is 5.63. The van der Waals surface area contributed by atoms with E-state index in [0.717, 1.165) is 36.8 Å². The van der Waals surface area contributed by atoms with Gasteiger partial charge in [0, 0.05) is 19.5 Å². The van der Waals surface area contributed by atoms with Crippen LogP contribution in [0.25, 0.3) is 0 Å². The van der Waals surface area contributed by atoms with E-state index in [1.807, 2.05) is 68.4 Å². The zero-order valence-electron chi connectivity index (χ0n) is 25.3. The number of hydrogen-bond donors (Lipinski definition) is 2. The summed E-state index contributed by atoms with van der Waals surface area (Å²) in [6.45, 7) is 11.1. The molecule has 1 unspecified atom stereocenters. The Morgan fingerprint density at radius 2 is 1.51 bits per heavy atom. The van der Waals surface area contributed by atoms with Crippen LogP contribution < -0.4 is 15.4 Å². The van der Waals surface area contributed by atoms with Crippen molar-refractivity contribution >= 4 is 17.9 Å². The minimum Gasteiger partial charge on any atom is -0.489 e. The van der Waals surface area contributed by atoms with E-state index in [-0.39, 0.29) is 24.3 Å². The number of rotatable bonds is 11. The van der Waals surface area contributed by atoms with Gasteiger partial charge in [0.2, 0.25) is 5.91 Å². The summed E-state index contributed by atoms with van der Waals surface area (Å²) < 4.78 is 11.6. The molecule has 1 fully saturated rings. The van der Waals surface area contributed by atoms with E-state index in [1.165, 1.54) is 0 Å². The molecule has 2 aromatic rings. The molecule has 1 aliphatic heterocycles. The molecule has 2 aromatic carbocycles. The summed E-state index contributed by atoms with van der Waals surface area (Å²) >= 11 is 0. The summed E-state index contributed by atoms with van der Waals surface area (Å²) in [5, 5.41) is 5.87. The number of nitrogens with zero attached hydrogens (tertiary/aromatic N) is 1. The van der Waals surface area contributed by atoms with Gasteiger partial charge >= 0.3 is 12.0 Å². The van der Waals surface area contributed by atoms with Gasteiger partial charge in [0.05, 0.1) is 0 Å². The number of carbonyl (C=O) groups is 3. The second-order valence-corrected chi connectivity index (χ2v) is 11.9. The second-order valence-electron chi connectivity index (χ2n) is 11.9. The lowest BCUT2D eigenvalue weighted by molar-refractivity contribution is -0.158. The lowest BCUT2D eigenvalue weighted by Gasteiger charge is -2.30. The molecule has 0 bridgehead atoms. The van der Waals surface area contributed by atoms with E-state index in [9.17, 15) is 14.4 Å². The van der Waals surface area contributed by atoms with Crippen LogP contribution in [0.1, 0.15) is 77.8 Å². The normalized spacial score (nSPS) is 16.1. The van der Waals surface area contributed by atoms with E-state index in [2.05, 4.69) is 10.6 Å². The number of ether oxygens (including phenoxy) is 2. The first-order valence-electron chi connectivity index (χ1n) is 14.9. The SMILES string of the molecule is CCC(C)[C@H](NC(=O)N1CCCCCC1)C(=O)N[C@@H](Cc1ccc(OCc2ccccc2)cc1)C(=O)OC(C)(C)C. The third-order valence-electron chi connectivity index (χ3n) is 7.29. The van der Waals surface area contributed by atoms with Crippen LogP contribution in [0.4, 0.5) is 4.79 Å². The fraction of sp³-hybridized carbons (Fsp3) is 0.545. The number of urea groups is 1. The molecule has 0 radical (unpaired) electrons. The largest absolute Gasteiger partial charge is 0.489 e. The first-order chi connectivity index (χ1) is 19.6. The van der Waals surface area contributed by atoms with Crippen LogP contribution in [0, 0.1) is 5.92 Å². The Hall–Kier alpha value is -3.55. The topological polar surface area (TPSA) is 97.0 Å². The Kier molecular flexibility index (Phi) is 12.0. The lowest BCUT2D eigenvalue weighted by atomic mass is 9.97. The van der Waals surface area contributed by atoms with E-state index in [1.54, 1.807) is 25.7 Å². The van der Waals surface area contributed by atoms with Crippen LogP contribution in [0.15, 0.2) is 54.6 Å². The maximum atomic E-state index is 13.6. The molecule has 1 saturated heterocycles. The van der Waals surface area contributed by atoms with Gasteiger partial charge in [0.25, 0.3) is 0 Å². The number of hydrogen-bond acceptors (Lipinski definition) is 5. The highest BCUT2D eigenvalue weighted by Crippen LogP contribution is 2.18. The van der Waals surface area contributed by atoms with Gasteiger partial charge in [-0.2, -0.15) is 0 Å². The van der Waals surface area contributed by atoms with E-state index in [0.29, 0.717) is 31.9 Å². The van der Waals surface area contributed by atoms with Gasteiger partial charge in [-0.25, -0.2) is 9.59 Å². The van der Waals surface area contributed by atoms with Crippen LogP contribution >= 0.6 is 0 Å². The summed E-state index contributed by atoms with van der Waals surface area (Å²) in [6.07, 6.45) is 5.08. The van der Waals surface area contributed by atoms with Crippen molar-refractivity contribution in [2.45, 2.75) is 97.4 Å². The molecule has 1 aliphatic rings. The lowest BCUT2D eigenvalue weighted by Crippen LogP contribution is -2.57. The van der Waals surface area contributed by atoms with Crippen LogP contribution in [0.3, 0.4) is 0 Å². The summed E-state index contributed by atoms with van der Waals surface area (Å²) in [4.78, 5) is 41.7. The highest BCUT2D eigenvalue weighted by Gasteiger charge is 2.33. The summed E-state index contributed by atoms with van der Waals surface area (Å²) in [5.41, 5.74) is 1.21. The quantitative estimate of drug-likeness (QED) is 0.344. The van der Waals surface area contributed by atoms with Crippen molar-refractivity contribution in [3.63, 3.8) is 0 Å². The molecule has 224 valence electrons. The van der Waals surface area contributed by atoms with Crippen molar-refractivity contribution in [3.8, 4) is 5.75 Å². The van der Waals surface area contributed by atoms with E-state index >= 15 is 0 Å². The second kappa shape index (κ2) is 15.5. The van der Waals surface area contributed by atoms with E-state index in [4.69, 9.17) is 9.47 Å². The average molecular weight is 566 g/mol. The Morgan fingerprint density at radius 3 is 2.10 bits per heavy atom. The van der Waals surface area contributed by atoms with Crippen molar-refractivity contribution in [2.24, 2.45) is 5.92 Å². The maximum absolute atomic E-state index is 13.6. The zero-order chi connectivity index (χ0) is 29.8. The van der Waals surface area contributed by atoms with Crippen LogP contribution in [-0.4, -0.2) is 53.6 Å². The predicted molar refractivity (Wildman–Crippen MR) is 161 cm³/mol. The Labute approximate surface area is 245 Å². The molecule has 41 heavy (non-hydrogen) atoms. The fourth-order valence-corrected chi connectivity index (χ4v) is 4.73. The number of esters is 1. The smallest absolute Gasteiger partial charge is 0.329 e. The minimum atomic E-state index is -0.917. The minimum absolute atomic E-state index is 0.119. The van der Waals surface area contributed by atoms with Crippen molar-refractivity contribution in [1.29, 1.82) is 0 Å². The van der Waals surface area contributed by atoms with E-state index < -0.39 is 23.7 Å². The highest BCUT2D eigenvalue weighted by molar-refractivity contribution is 5.90. The number of carbonyl (C=O) groups excluding carboxylic acids is 3. The molecular weight excluding hydrogens is 518 g/mol. The Balaban J connectivity index is 1.71. The number of nitrogens with one attached hydrogen (secondary N) is 2. The molecule has 2 N–H and O–H groups in total. The van der Waals surface area contributed by atoms with Crippen LogP contribution in [0.5, 0.6) is 5.75 Å². The van der Waals surface area contributed by atoms with Crippen LogP contribution in [-0.2, 0) is 27.4 Å². The van der Waals surface area contributed by atoms with Crippen molar-refractivity contribution < 1.29 is 23.9 Å². The zero-order valence-corrected chi connectivity index (χ0v) is 25.3. The molecule has 8 heteroatoms. The summed E-state index contributed by atoms with van der Waals surface area (Å²) in [6, 6.07) is 15.5. The monoisotopic (exact) mass is 565 g/mol. The maximum Gasteiger partial charge on any atom is 0.329 e. The highest BCUT2D eigenvalue weighted by atomic mass is 16.6. The first-order valence-corrected chi connectivity index (χ1v) is 14.9. The molecular formula is C33H47N3O5. The van der Waals surface area contributed by atoms with Crippen molar-refractivity contribution in [2.75, 3.05) is 13.1 Å². The van der Waals surface area contributed by atoms with Gasteiger partial charge in [-0.3, -0.25) is 4.79 Å². The van der Waals surface area contributed by atoms with Gasteiger partial charge in [-0.1, -0.05) is 75.6 Å².